The molecule has 3 nitrogen and oxygen atoms in total. The number of ketones is 1. The number of hydrogen-bond donors (Lipinski definition) is 1. The zero-order valence-corrected chi connectivity index (χ0v) is 13.0. The Morgan fingerprint density at radius 2 is 2.00 bits per heavy atom. The highest BCUT2D eigenvalue weighted by molar-refractivity contribution is 14.1. The van der Waals surface area contributed by atoms with Crippen molar-refractivity contribution in [3.05, 3.63) is 50.2 Å². The maximum Gasteiger partial charge on any atom is 0.224 e. The van der Waals surface area contributed by atoms with Crippen molar-refractivity contribution in [3.63, 3.8) is 0 Å². The number of amides is 1. The zero-order chi connectivity index (χ0) is 13.7. The zero-order valence-electron chi connectivity index (χ0n) is 10.1. The van der Waals surface area contributed by atoms with Crippen LogP contribution in [0.4, 0.5) is 5.69 Å². The minimum atomic E-state index is -0.132. The van der Waals surface area contributed by atoms with Crippen molar-refractivity contribution in [1.29, 1.82) is 0 Å². The summed E-state index contributed by atoms with van der Waals surface area (Å²) >= 11 is 3.59. The average Bonchev–Trinajstić information content (AvgIpc) is 2.90. The van der Waals surface area contributed by atoms with Crippen LogP contribution < -0.4 is 5.32 Å². The van der Waals surface area contributed by atoms with Gasteiger partial charge >= 0.3 is 0 Å². The van der Waals surface area contributed by atoms with Crippen LogP contribution in [-0.4, -0.2) is 11.7 Å². The molecule has 0 saturated heterocycles. The van der Waals surface area contributed by atoms with E-state index in [2.05, 4.69) is 27.9 Å². The van der Waals surface area contributed by atoms with E-state index in [0.717, 1.165) is 9.26 Å². The van der Waals surface area contributed by atoms with E-state index < -0.39 is 0 Å². The minimum absolute atomic E-state index is 0.0211. The smallest absolute Gasteiger partial charge is 0.224 e. The molecule has 2 aromatic rings. The summed E-state index contributed by atoms with van der Waals surface area (Å²) in [6.45, 7) is 0. The van der Waals surface area contributed by atoms with Gasteiger partial charge in [0, 0.05) is 22.1 Å². The Kier molecular flexibility index (Phi) is 5.09. The number of carbonyl (C=O) groups excluding carboxylic acids is 2. The number of anilines is 1. The number of halogens is 1. The molecule has 0 fully saturated rings. The summed E-state index contributed by atoms with van der Waals surface area (Å²) in [6.07, 6.45) is 0.457. The van der Waals surface area contributed by atoms with E-state index in [1.807, 2.05) is 35.7 Å². The van der Waals surface area contributed by atoms with Crippen LogP contribution in [0, 0.1) is 3.57 Å². The number of carbonyl (C=O) groups is 2. The van der Waals surface area contributed by atoms with E-state index in [1.54, 1.807) is 6.07 Å². The largest absolute Gasteiger partial charge is 0.326 e. The van der Waals surface area contributed by atoms with Crippen molar-refractivity contribution in [1.82, 2.24) is 0 Å². The third kappa shape index (κ3) is 4.43. The van der Waals surface area contributed by atoms with Gasteiger partial charge in [-0.3, -0.25) is 9.59 Å². The van der Waals surface area contributed by atoms with E-state index in [4.69, 9.17) is 0 Å². The Balaban J connectivity index is 1.83. The third-order valence-corrected chi connectivity index (χ3v) is 4.07. The lowest BCUT2D eigenvalue weighted by Crippen LogP contribution is -2.13. The molecule has 1 aromatic heterocycles. The summed E-state index contributed by atoms with van der Waals surface area (Å²) in [7, 11) is 0. The molecule has 0 bridgehead atoms. The van der Waals surface area contributed by atoms with Crippen LogP contribution in [-0.2, 0) is 4.79 Å². The molecular weight excluding hydrogens is 373 g/mol. The second kappa shape index (κ2) is 6.81. The fourth-order valence-corrected chi connectivity index (χ4v) is 2.81. The lowest BCUT2D eigenvalue weighted by molar-refractivity contribution is -0.116. The van der Waals surface area contributed by atoms with Gasteiger partial charge in [-0.15, -0.1) is 11.3 Å². The van der Waals surface area contributed by atoms with Gasteiger partial charge in [-0.05, 0) is 52.2 Å². The molecule has 0 spiro atoms. The first-order chi connectivity index (χ1) is 9.15. The fourth-order valence-electron chi connectivity index (χ4n) is 1.58. The Labute approximate surface area is 129 Å². The Bertz CT molecular complexity index is 581. The number of thiophene rings is 1. The van der Waals surface area contributed by atoms with Crippen LogP contribution in [0.15, 0.2) is 41.8 Å². The van der Waals surface area contributed by atoms with Crippen molar-refractivity contribution < 1.29 is 9.59 Å². The summed E-state index contributed by atoms with van der Waals surface area (Å²) in [6, 6.07) is 11.2. The van der Waals surface area contributed by atoms with Crippen LogP contribution in [0.2, 0.25) is 0 Å². The average molecular weight is 385 g/mol. The van der Waals surface area contributed by atoms with E-state index >= 15 is 0 Å². The van der Waals surface area contributed by atoms with Gasteiger partial charge in [0.05, 0.1) is 4.88 Å². The molecule has 0 aliphatic rings. The van der Waals surface area contributed by atoms with E-state index in [0.29, 0.717) is 4.88 Å². The van der Waals surface area contributed by atoms with E-state index in [-0.39, 0.29) is 24.5 Å². The lowest BCUT2D eigenvalue weighted by atomic mass is 10.2. The molecule has 0 unspecified atom stereocenters. The lowest BCUT2D eigenvalue weighted by Gasteiger charge is -2.04. The van der Waals surface area contributed by atoms with Gasteiger partial charge in [-0.1, -0.05) is 12.1 Å². The predicted molar refractivity (Wildman–Crippen MR) is 85.7 cm³/mol. The number of benzene rings is 1. The predicted octanol–water partition coefficient (Wildman–Crippen LogP) is 3.95. The molecule has 0 atom stereocenters. The van der Waals surface area contributed by atoms with Crippen LogP contribution in [0.3, 0.4) is 0 Å². The van der Waals surface area contributed by atoms with Crippen molar-refractivity contribution >= 4 is 51.3 Å². The van der Waals surface area contributed by atoms with Crippen molar-refractivity contribution in [3.8, 4) is 0 Å². The van der Waals surface area contributed by atoms with Crippen LogP contribution in [0.5, 0.6) is 0 Å². The molecule has 1 amide bonds. The number of nitrogens with one attached hydrogen (secondary N) is 1. The maximum atomic E-state index is 11.7. The molecule has 0 aliphatic heterocycles. The van der Waals surface area contributed by atoms with Crippen molar-refractivity contribution in [2.45, 2.75) is 12.8 Å². The monoisotopic (exact) mass is 385 g/mol. The highest BCUT2D eigenvalue weighted by Gasteiger charge is 2.10. The standard InChI is InChI=1S/C14H12INO2S/c15-10-3-1-4-11(9-10)16-14(18)7-6-12(17)13-5-2-8-19-13/h1-5,8-9H,6-7H2,(H,16,18). The molecule has 1 N–H and O–H groups in total. The van der Waals surface area contributed by atoms with Gasteiger partial charge in [-0.2, -0.15) is 0 Å². The summed E-state index contributed by atoms with van der Waals surface area (Å²) in [5.74, 6) is -0.111. The topological polar surface area (TPSA) is 46.2 Å². The summed E-state index contributed by atoms with van der Waals surface area (Å²) in [5, 5.41) is 4.65. The SMILES string of the molecule is O=C(CCC(=O)c1cccs1)Nc1cccc(I)c1. The first kappa shape index (κ1) is 14.2. The Morgan fingerprint density at radius 3 is 2.68 bits per heavy atom. The molecule has 5 heteroatoms. The molecule has 19 heavy (non-hydrogen) atoms. The highest BCUT2D eigenvalue weighted by atomic mass is 127. The number of hydrogen-bond acceptors (Lipinski definition) is 3. The Morgan fingerprint density at radius 1 is 1.16 bits per heavy atom. The quantitative estimate of drug-likeness (QED) is 0.626. The molecule has 0 aliphatic carbocycles. The van der Waals surface area contributed by atoms with Gasteiger partial charge in [0.2, 0.25) is 5.91 Å². The summed E-state index contributed by atoms with van der Waals surface area (Å²) in [4.78, 5) is 24.2. The van der Waals surface area contributed by atoms with E-state index in [9.17, 15) is 9.59 Å². The fraction of sp³-hybridized carbons (Fsp3) is 0.143. The Hall–Kier alpha value is -1.21. The number of rotatable bonds is 5. The summed E-state index contributed by atoms with van der Waals surface area (Å²) < 4.78 is 1.06. The summed E-state index contributed by atoms with van der Waals surface area (Å²) in [5.41, 5.74) is 0.764. The second-order valence-electron chi connectivity index (χ2n) is 3.96. The second-order valence-corrected chi connectivity index (χ2v) is 6.15. The first-order valence-electron chi connectivity index (χ1n) is 5.77. The normalized spacial score (nSPS) is 10.2. The molecule has 2 rings (SSSR count). The molecule has 1 aromatic carbocycles. The third-order valence-electron chi connectivity index (χ3n) is 2.48. The van der Waals surface area contributed by atoms with Crippen molar-refractivity contribution in [2.24, 2.45) is 0 Å². The van der Waals surface area contributed by atoms with Gasteiger partial charge in [0.25, 0.3) is 0 Å². The maximum absolute atomic E-state index is 11.7. The molecular formula is C14H12INO2S. The molecule has 98 valence electrons. The van der Waals surface area contributed by atoms with Crippen LogP contribution in [0.25, 0.3) is 0 Å². The number of Topliss-reactive ketones (excluding diaryl/α,β-unsaturated/α-hetero) is 1. The van der Waals surface area contributed by atoms with Gasteiger partial charge in [0.1, 0.15) is 0 Å². The minimum Gasteiger partial charge on any atom is -0.326 e. The van der Waals surface area contributed by atoms with Gasteiger partial charge < -0.3 is 5.32 Å². The van der Waals surface area contributed by atoms with Gasteiger partial charge in [-0.25, -0.2) is 0 Å². The molecule has 0 radical (unpaired) electrons. The molecule has 0 saturated carbocycles. The first-order valence-corrected chi connectivity index (χ1v) is 7.73. The van der Waals surface area contributed by atoms with Gasteiger partial charge in [0.15, 0.2) is 5.78 Å². The van der Waals surface area contributed by atoms with Crippen LogP contribution >= 0.6 is 33.9 Å². The van der Waals surface area contributed by atoms with Crippen LogP contribution in [0.1, 0.15) is 22.5 Å². The van der Waals surface area contributed by atoms with E-state index in [1.165, 1.54) is 11.3 Å². The van der Waals surface area contributed by atoms with Crippen molar-refractivity contribution in [2.75, 3.05) is 5.32 Å². The highest BCUT2D eigenvalue weighted by Crippen LogP contribution is 2.14. The molecule has 1 heterocycles.